The summed E-state index contributed by atoms with van der Waals surface area (Å²) in [6.45, 7) is 16.2. The Hall–Kier alpha value is -3.35. The Balaban J connectivity index is 2.54. The molecule has 226 valence electrons. The van der Waals surface area contributed by atoms with E-state index in [4.69, 9.17) is 4.74 Å². The summed E-state index contributed by atoms with van der Waals surface area (Å²) >= 11 is 0. The van der Waals surface area contributed by atoms with Gasteiger partial charge in [0.15, 0.2) is 0 Å². The van der Waals surface area contributed by atoms with Gasteiger partial charge < -0.3 is 20.3 Å². The molecule has 7 heteroatoms. The van der Waals surface area contributed by atoms with Crippen molar-refractivity contribution in [1.29, 1.82) is 0 Å². The Morgan fingerprint density at radius 3 is 2.10 bits per heavy atom. The van der Waals surface area contributed by atoms with Crippen LogP contribution in [0.15, 0.2) is 48.5 Å². The quantitative estimate of drug-likeness (QED) is 0.241. The lowest BCUT2D eigenvalue weighted by Gasteiger charge is -2.36. The molecule has 0 aliphatic rings. The van der Waals surface area contributed by atoms with Gasteiger partial charge >= 0.3 is 6.09 Å². The molecule has 0 radical (unpaired) electrons. The zero-order valence-electron chi connectivity index (χ0n) is 26.4. The van der Waals surface area contributed by atoms with Gasteiger partial charge in [-0.05, 0) is 75.6 Å². The second-order valence-corrected chi connectivity index (χ2v) is 12.3. The zero-order valence-corrected chi connectivity index (χ0v) is 26.4. The van der Waals surface area contributed by atoms with E-state index < -0.39 is 23.8 Å². The van der Waals surface area contributed by atoms with Gasteiger partial charge in [0.1, 0.15) is 17.7 Å². The largest absolute Gasteiger partial charge is 0.444 e. The van der Waals surface area contributed by atoms with Crippen LogP contribution in [0, 0.1) is 19.8 Å². The van der Waals surface area contributed by atoms with Crippen LogP contribution in [0.1, 0.15) is 102 Å². The molecule has 7 nitrogen and oxygen atoms in total. The van der Waals surface area contributed by atoms with Crippen LogP contribution in [-0.4, -0.2) is 41.0 Å². The van der Waals surface area contributed by atoms with Crippen LogP contribution in [-0.2, 0) is 20.9 Å². The summed E-state index contributed by atoms with van der Waals surface area (Å²) in [7, 11) is 0. The van der Waals surface area contributed by atoms with Crippen molar-refractivity contribution in [1.82, 2.24) is 15.5 Å². The number of ether oxygens (including phenoxy) is 1. The minimum Gasteiger partial charge on any atom is -0.444 e. The summed E-state index contributed by atoms with van der Waals surface area (Å²) in [4.78, 5) is 43.1. The summed E-state index contributed by atoms with van der Waals surface area (Å²) in [5.74, 6) is -0.384. The van der Waals surface area contributed by atoms with Crippen LogP contribution in [0.4, 0.5) is 4.79 Å². The molecule has 0 heterocycles. The maximum Gasteiger partial charge on any atom is 0.408 e. The van der Waals surface area contributed by atoms with Crippen LogP contribution in [0.2, 0.25) is 0 Å². The van der Waals surface area contributed by atoms with E-state index in [1.165, 1.54) is 0 Å². The predicted molar refractivity (Wildman–Crippen MR) is 165 cm³/mol. The molecule has 0 saturated heterocycles. The van der Waals surface area contributed by atoms with Gasteiger partial charge in [-0.15, -0.1) is 0 Å². The van der Waals surface area contributed by atoms with Gasteiger partial charge in [-0.25, -0.2) is 4.79 Å². The van der Waals surface area contributed by atoms with Gasteiger partial charge in [-0.1, -0.05) is 88.6 Å². The van der Waals surface area contributed by atoms with E-state index in [1.54, 1.807) is 25.7 Å². The van der Waals surface area contributed by atoms with Crippen LogP contribution in [0.25, 0.3) is 0 Å². The second kappa shape index (κ2) is 16.2. The molecule has 2 atom stereocenters. The maximum absolute atomic E-state index is 14.4. The molecule has 0 aliphatic heterocycles. The van der Waals surface area contributed by atoms with E-state index in [0.29, 0.717) is 19.5 Å². The van der Waals surface area contributed by atoms with Crippen molar-refractivity contribution in [2.75, 3.05) is 6.54 Å². The van der Waals surface area contributed by atoms with Gasteiger partial charge in [0.05, 0.1) is 0 Å². The number of alkyl carbamates (subject to hydrolysis) is 1. The molecular weight excluding hydrogens is 514 g/mol. The van der Waals surface area contributed by atoms with Gasteiger partial charge in [-0.3, -0.25) is 9.59 Å². The predicted octanol–water partition coefficient (Wildman–Crippen LogP) is 7.01. The molecule has 0 fully saturated rings. The smallest absolute Gasteiger partial charge is 0.408 e. The minimum atomic E-state index is -0.843. The first-order valence-corrected chi connectivity index (χ1v) is 15.0. The van der Waals surface area contributed by atoms with E-state index in [-0.39, 0.29) is 17.7 Å². The molecule has 0 saturated carbocycles. The molecule has 3 amide bonds. The minimum absolute atomic E-state index is 0.131. The van der Waals surface area contributed by atoms with Crippen molar-refractivity contribution in [3.05, 3.63) is 70.8 Å². The van der Waals surface area contributed by atoms with Gasteiger partial charge in [0, 0.05) is 13.1 Å². The number of carbonyl (C=O) groups is 3. The fraction of sp³-hybridized carbons (Fsp3) is 0.559. The summed E-state index contributed by atoms with van der Waals surface area (Å²) in [6.07, 6.45) is 3.59. The summed E-state index contributed by atoms with van der Waals surface area (Å²) in [6, 6.07) is 14.0. The lowest BCUT2D eigenvalue weighted by Crippen LogP contribution is -2.53. The van der Waals surface area contributed by atoms with E-state index in [2.05, 4.69) is 17.6 Å². The van der Waals surface area contributed by atoms with E-state index in [0.717, 1.165) is 47.9 Å². The number of nitrogens with zero attached hydrogens (tertiary/aromatic N) is 1. The molecule has 0 aliphatic carbocycles. The highest BCUT2D eigenvalue weighted by atomic mass is 16.6. The number of hydrogen-bond acceptors (Lipinski definition) is 4. The Morgan fingerprint density at radius 1 is 0.902 bits per heavy atom. The fourth-order valence-corrected chi connectivity index (χ4v) is 4.99. The molecule has 0 spiro atoms. The lowest BCUT2D eigenvalue weighted by molar-refractivity contribution is -0.143. The molecule has 2 unspecified atom stereocenters. The van der Waals surface area contributed by atoms with E-state index in [9.17, 15) is 14.4 Å². The van der Waals surface area contributed by atoms with Gasteiger partial charge in [0.2, 0.25) is 11.8 Å². The highest BCUT2D eigenvalue weighted by Crippen LogP contribution is 2.30. The third-order valence-electron chi connectivity index (χ3n) is 6.92. The standard InChI is InChI=1S/C34H51N3O4/c1-9-10-11-15-21-37(32(39)28(22-24(2)3)36-33(40)41-34(6,7)8)30(29-25(4)17-16-18-26(29)5)31(38)35-23-27-19-13-12-14-20-27/h12-14,16-20,24,28,30H,9-11,15,21-23H2,1-8H3,(H,35,38)(H,36,40). The van der Waals surface area contributed by atoms with Gasteiger partial charge in [-0.2, -0.15) is 0 Å². The zero-order chi connectivity index (χ0) is 30.6. The Labute approximate surface area is 247 Å². The van der Waals surface area contributed by atoms with Crippen molar-refractivity contribution >= 4 is 17.9 Å². The van der Waals surface area contributed by atoms with Crippen molar-refractivity contribution < 1.29 is 19.1 Å². The monoisotopic (exact) mass is 565 g/mol. The van der Waals surface area contributed by atoms with Crippen molar-refractivity contribution in [2.24, 2.45) is 5.92 Å². The van der Waals surface area contributed by atoms with Crippen LogP contribution >= 0.6 is 0 Å². The third kappa shape index (κ3) is 11.2. The molecule has 41 heavy (non-hydrogen) atoms. The normalized spacial score (nSPS) is 12.9. The number of rotatable bonds is 14. The van der Waals surface area contributed by atoms with Crippen LogP contribution in [0.3, 0.4) is 0 Å². The average molecular weight is 566 g/mol. The Morgan fingerprint density at radius 2 is 1.54 bits per heavy atom. The van der Waals surface area contributed by atoms with Crippen molar-refractivity contribution in [3.8, 4) is 0 Å². The summed E-state index contributed by atoms with van der Waals surface area (Å²) in [5.41, 5.74) is 2.98. The number of carbonyl (C=O) groups excluding carboxylic acids is 3. The summed E-state index contributed by atoms with van der Waals surface area (Å²) in [5, 5.41) is 5.93. The molecular formula is C34H51N3O4. The van der Waals surface area contributed by atoms with E-state index in [1.807, 2.05) is 76.2 Å². The Kier molecular flexibility index (Phi) is 13.4. The lowest BCUT2D eigenvalue weighted by atomic mass is 9.92. The summed E-state index contributed by atoms with van der Waals surface area (Å²) < 4.78 is 5.51. The first-order chi connectivity index (χ1) is 19.3. The van der Waals surface area contributed by atoms with Crippen LogP contribution in [0.5, 0.6) is 0 Å². The average Bonchev–Trinajstić information content (AvgIpc) is 2.88. The Bertz CT molecular complexity index is 1100. The number of amides is 3. The highest BCUT2D eigenvalue weighted by Gasteiger charge is 2.37. The van der Waals surface area contributed by atoms with E-state index >= 15 is 0 Å². The number of benzene rings is 2. The van der Waals surface area contributed by atoms with Crippen LogP contribution < -0.4 is 10.6 Å². The molecule has 0 bridgehead atoms. The number of hydrogen-bond donors (Lipinski definition) is 2. The number of unbranched alkanes of at least 4 members (excludes halogenated alkanes) is 3. The molecule has 2 aromatic carbocycles. The second-order valence-electron chi connectivity index (χ2n) is 12.3. The third-order valence-corrected chi connectivity index (χ3v) is 6.92. The molecule has 2 rings (SSSR count). The fourth-order valence-electron chi connectivity index (χ4n) is 4.99. The maximum atomic E-state index is 14.4. The first-order valence-electron chi connectivity index (χ1n) is 15.0. The van der Waals surface area contributed by atoms with Crippen molar-refractivity contribution in [3.63, 3.8) is 0 Å². The molecule has 2 N–H and O–H groups in total. The highest BCUT2D eigenvalue weighted by molar-refractivity contribution is 5.92. The number of nitrogens with one attached hydrogen (secondary N) is 2. The topological polar surface area (TPSA) is 87.7 Å². The van der Waals surface area contributed by atoms with Crippen molar-refractivity contribution in [2.45, 2.75) is 112 Å². The molecule has 2 aromatic rings. The number of aryl methyl sites for hydroxylation is 2. The van der Waals surface area contributed by atoms with Gasteiger partial charge in [0.25, 0.3) is 0 Å². The molecule has 0 aromatic heterocycles. The SMILES string of the molecule is CCCCCCN(C(=O)C(CC(C)C)NC(=O)OC(C)(C)C)C(C(=O)NCc1ccccc1)c1c(C)cccc1C. The first kappa shape index (κ1) is 33.9.